The molecule has 21 heavy (non-hydrogen) atoms. The number of rotatable bonds is 5. The molecular formula is C17H17BrFNO. The van der Waals surface area contributed by atoms with E-state index in [9.17, 15) is 9.18 Å². The summed E-state index contributed by atoms with van der Waals surface area (Å²) in [5.41, 5.74) is 1.57. The Morgan fingerprint density at radius 2 is 1.86 bits per heavy atom. The number of carbonyl (C=O) groups is 1. The van der Waals surface area contributed by atoms with Gasteiger partial charge in [-0.1, -0.05) is 46.3 Å². The van der Waals surface area contributed by atoms with E-state index in [-0.39, 0.29) is 24.2 Å². The van der Waals surface area contributed by atoms with Gasteiger partial charge in [0.05, 0.1) is 6.42 Å². The van der Waals surface area contributed by atoms with Crippen LogP contribution in [0.2, 0.25) is 0 Å². The Morgan fingerprint density at radius 3 is 2.52 bits per heavy atom. The Bertz CT molecular complexity index is 612. The van der Waals surface area contributed by atoms with Crippen LogP contribution in [-0.2, 0) is 17.6 Å². The van der Waals surface area contributed by atoms with Crippen molar-refractivity contribution in [3.63, 3.8) is 0 Å². The molecule has 0 aliphatic rings. The van der Waals surface area contributed by atoms with E-state index in [0.717, 1.165) is 16.5 Å². The van der Waals surface area contributed by atoms with E-state index in [4.69, 9.17) is 0 Å². The lowest BCUT2D eigenvalue weighted by Crippen LogP contribution is -2.35. The minimum Gasteiger partial charge on any atom is -0.353 e. The molecule has 0 fully saturated rings. The van der Waals surface area contributed by atoms with Crippen molar-refractivity contribution >= 4 is 21.8 Å². The van der Waals surface area contributed by atoms with Gasteiger partial charge in [-0.2, -0.15) is 0 Å². The second-order valence-electron chi connectivity index (χ2n) is 5.07. The lowest BCUT2D eigenvalue weighted by atomic mass is 10.1. The molecule has 0 aliphatic carbocycles. The zero-order valence-corrected chi connectivity index (χ0v) is 13.4. The van der Waals surface area contributed by atoms with Gasteiger partial charge < -0.3 is 5.32 Å². The van der Waals surface area contributed by atoms with Gasteiger partial charge in [0.25, 0.3) is 0 Å². The third-order valence-corrected chi connectivity index (χ3v) is 3.70. The van der Waals surface area contributed by atoms with Crippen molar-refractivity contribution in [3.8, 4) is 0 Å². The maximum Gasteiger partial charge on any atom is 0.224 e. The molecule has 2 rings (SSSR count). The van der Waals surface area contributed by atoms with Crippen molar-refractivity contribution in [2.75, 3.05) is 0 Å². The summed E-state index contributed by atoms with van der Waals surface area (Å²) in [6.45, 7) is 1.95. The molecule has 0 radical (unpaired) electrons. The lowest BCUT2D eigenvalue weighted by Gasteiger charge is -2.14. The molecule has 2 aromatic carbocycles. The summed E-state index contributed by atoms with van der Waals surface area (Å²) in [4.78, 5) is 11.9. The van der Waals surface area contributed by atoms with Gasteiger partial charge in [0, 0.05) is 10.5 Å². The van der Waals surface area contributed by atoms with Crippen molar-refractivity contribution in [3.05, 3.63) is 69.9 Å². The molecule has 1 N–H and O–H groups in total. The third kappa shape index (κ3) is 4.97. The van der Waals surface area contributed by atoms with Crippen molar-refractivity contribution in [2.45, 2.75) is 25.8 Å². The molecule has 0 unspecified atom stereocenters. The zero-order valence-electron chi connectivity index (χ0n) is 11.8. The highest BCUT2D eigenvalue weighted by Crippen LogP contribution is 2.12. The van der Waals surface area contributed by atoms with Gasteiger partial charge in [-0.25, -0.2) is 4.39 Å². The van der Waals surface area contributed by atoms with E-state index in [1.807, 2.05) is 31.2 Å². The van der Waals surface area contributed by atoms with Crippen LogP contribution in [0, 0.1) is 5.82 Å². The fourth-order valence-electron chi connectivity index (χ4n) is 2.17. The Morgan fingerprint density at radius 1 is 1.19 bits per heavy atom. The molecule has 0 heterocycles. The van der Waals surface area contributed by atoms with Crippen LogP contribution in [0.3, 0.4) is 0 Å². The minimum absolute atomic E-state index is 0.00505. The van der Waals surface area contributed by atoms with E-state index in [1.54, 1.807) is 18.2 Å². The predicted octanol–water partition coefficient (Wildman–Crippen LogP) is 3.88. The van der Waals surface area contributed by atoms with Crippen molar-refractivity contribution < 1.29 is 9.18 Å². The van der Waals surface area contributed by atoms with Crippen LogP contribution in [0.5, 0.6) is 0 Å². The SMILES string of the molecule is C[C@@H](Cc1ccc(Br)cc1)NC(=O)Cc1ccccc1F. The second kappa shape index (κ2) is 7.36. The molecule has 0 bridgehead atoms. The summed E-state index contributed by atoms with van der Waals surface area (Å²) in [6, 6.07) is 14.3. The Hall–Kier alpha value is -1.68. The minimum atomic E-state index is -0.340. The molecule has 1 amide bonds. The van der Waals surface area contributed by atoms with Crippen molar-refractivity contribution in [2.24, 2.45) is 0 Å². The summed E-state index contributed by atoms with van der Waals surface area (Å²) in [5, 5.41) is 2.90. The molecule has 1 atom stereocenters. The maximum absolute atomic E-state index is 13.5. The first-order chi connectivity index (χ1) is 10.0. The highest BCUT2D eigenvalue weighted by atomic mass is 79.9. The first-order valence-electron chi connectivity index (χ1n) is 6.82. The average molecular weight is 350 g/mol. The largest absolute Gasteiger partial charge is 0.353 e. The number of hydrogen-bond acceptors (Lipinski definition) is 1. The smallest absolute Gasteiger partial charge is 0.224 e. The molecule has 0 spiro atoms. The van der Waals surface area contributed by atoms with Crippen LogP contribution >= 0.6 is 15.9 Å². The van der Waals surface area contributed by atoms with Crippen LogP contribution in [0.25, 0.3) is 0 Å². The second-order valence-corrected chi connectivity index (χ2v) is 5.98. The predicted molar refractivity (Wildman–Crippen MR) is 85.6 cm³/mol. The number of benzene rings is 2. The fourth-order valence-corrected chi connectivity index (χ4v) is 2.43. The number of amides is 1. The van der Waals surface area contributed by atoms with Gasteiger partial charge in [0.15, 0.2) is 0 Å². The first-order valence-corrected chi connectivity index (χ1v) is 7.61. The molecule has 0 saturated heterocycles. The van der Waals surface area contributed by atoms with Gasteiger partial charge >= 0.3 is 0 Å². The van der Waals surface area contributed by atoms with E-state index in [0.29, 0.717) is 5.56 Å². The number of hydrogen-bond donors (Lipinski definition) is 1. The van der Waals surface area contributed by atoms with Gasteiger partial charge in [0.2, 0.25) is 5.91 Å². The molecular weight excluding hydrogens is 333 g/mol. The standard InChI is InChI=1S/C17H17BrFNO/c1-12(10-13-6-8-15(18)9-7-13)20-17(21)11-14-4-2-3-5-16(14)19/h2-9,12H,10-11H2,1H3,(H,20,21)/t12-/m0/s1. The lowest BCUT2D eigenvalue weighted by molar-refractivity contribution is -0.121. The number of halogens is 2. The average Bonchev–Trinajstić information content (AvgIpc) is 2.44. The summed E-state index contributed by atoms with van der Waals surface area (Å²) < 4.78 is 14.5. The van der Waals surface area contributed by atoms with E-state index < -0.39 is 0 Å². The Kier molecular flexibility index (Phi) is 5.51. The van der Waals surface area contributed by atoms with Gasteiger partial charge in [-0.05, 0) is 42.7 Å². The monoisotopic (exact) mass is 349 g/mol. The molecule has 2 aromatic rings. The molecule has 0 saturated carbocycles. The molecule has 0 aliphatic heterocycles. The van der Waals surface area contributed by atoms with Gasteiger partial charge in [-0.15, -0.1) is 0 Å². The normalized spacial score (nSPS) is 12.0. The van der Waals surface area contributed by atoms with E-state index in [1.165, 1.54) is 6.07 Å². The van der Waals surface area contributed by atoms with Crippen LogP contribution in [0.1, 0.15) is 18.1 Å². The highest BCUT2D eigenvalue weighted by molar-refractivity contribution is 9.10. The maximum atomic E-state index is 13.5. The van der Waals surface area contributed by atoms with Crippen LogP contribution in [-0.4, -0.2) is 11.9 Å². The Labute approximate surface area is 132 Å². The molecule has 110 valence electrons. The summed E-state index contributed by atoms with van der Waals surface area (Å²) >= 11 is 3.39. The highest BCUT2D eigenvalue weighted by Gasteiger charge is 2.11. The van der Waals surface area contributed by atoms with Gasteiger partial charge in [0.1, 0.15) is 5.82 Å². The molecule has 0 aromatic heterocycles. The Balaban J connectivity index is 1.87. The van der Waals surface area contributed by atoms with Crippen molar-refractivity contribution in [1.29, 1.82) is 0 Å². The van der Waals surface area contributed by atoms with Crippen LogP contribution in [0.4, 0.5) is 4.39 Å². The van der Waals surface area contributed by atoms with Gasteiger partial charge in [-0.3, -0.25) is 4.79 Å². The summed E-state index contributed by atoms with van der Waals surface area (Å²) in [5.74, 6) is -0.502. The van der Waals surface area contributed by atoms with E-state index in [2.05, 4.69) is 21.2 Å². The van der Waals surface area contributed by atoms with Crippen molar-refractivity contribution in [1.82, 2.24) is 5.32 Å². The van der Waals surface area contributed by atoms with Crippen LogP contribution < -0.4 is 5.32 Å². The number of carbonyl (C=O) groups excluding carboxylic acids is 1. The quantitative estimate of drug-likeness (QED) is 0.871. The topological polar surface area (TPSA) is 29.1 Å². The molecule has 4 heteroatoms. The number of nitrogens with one attached hydrogen (secondary N) is 1. The fraction of sp³-hybridized carbons (Fsp3) is 0.235. The third-order valence-electron chi connectivity index (χ3n) is 3.17. The molecule has 2 nitrogen and oxygen atoms in total. The zero-order chi connectivity index (χ0) is 15.2. The summed E-state index contributed by atoms with van der Waals surface area (Å²) in [6.07, 6.45) is 0.813. The van der Waals surface area contributed by atoms with E-state index >= 15 is 0 Å². The van der Waals surface area contributed by atoms with Crippen LogP contribution in [0.15, 0.2) is 53.0 Å². The first kappa shape index (κ1) is 15.7. The summed E-state index contributed by atoms with van der Waals surface area (Å²) in [7, 11) is 0.